The van der Waals surface area contributed by atoms with E-state index in [-0.39, 0.29) is 17.9 Å². The molecule has 0 saturated heterocycles. The number of rotatable bonds is 3. The molecule has 0 aliphatic carbocycles. The van der Waals surface area contributed by atoms with Crippen LogP contribution in [0.15, 0.2) is 35.1 Å². The maximum atomic E-state index is 12.8. The summed E-state index contributed by atoms with van der Waals surface area (Å²) >= 11 is 0. The van der Waals surface area contributed by atoms with Crippen LogP contribution in [0.3, 0.4) is 0 Å². The molecular formula is C19H19N3O2. The van der Waals surface area contributed by atoms with Gasteiger partial charge in [0.2, 0.25) is 0 Å². The molecule has 3 aromatic rings. The van der Waals surface area contributed by atoms with Crippen molar-refractivity contribution in [3.8, 4) is 0 Å². The van der Waals surface area contributed by atoms with Crippen LogP contribution in [-0.2, 0) is 6.54 Å². The maximum Gasteiger partial charge on any atom is 0.278 e. The van der Waals surface area contributed by atoms with Crippen molar-refractivity contribution in [3.05, 3.63) is 68.5 Å². The Balaban J connectivity index is 2.04. The van der Waals surface area contributed by atoms with Gasteiger partial charge in [-0.15, -0.1) is 5.10 Å². The van der Waals surface area contributed by atoms with Crippen molar-refractivity contribution in [2.75, 3.05) is 0 Å². The molecule has 3 rings (SSSR count). The first-order valence-electron chi connectivity index (χ1n) is 7.83. The summed E-state index contributed by atoms with van der Waals surface area (Å²) in [6, 6.07) is 9.00. The van der Waals surface area contributed by atoms with Gasteiger partial charge < -0.3 is 0 Å². The zero-order valence-corrected chi connectivity index (χ0v) is 14.3. The number of ketones is 1. The van der Waals surface area contributed by atoms with E-state index < -0.39 is 0 Å². The number of aryl methyl sites for hydroxylation is 2. The molecule has 24 heavy (non-hydrogen) atoms. The zero-order valence-electron chi connectivity index (χ0n) is 14.3. The van der Waals surface area contributed by atoms with Crippen LogP contribution < -0.4 is 5.56 Å². The third-order valence-electron chi connectivity index (χ3n) is 4.56. The molecule has 0 atom stereocenters. The Morgan fingerprint density at radius 1 is 1.04 bits per heavy atom. The van der Waals surface area contributed by atoms with Crippen molar-refractivity contribution in [1.29, 1.82) is 0 Å². The fourth-order valence-corrected chi connectivity index (χ4v) is 3.06. The Hall–Kier alpha value is -2.82. The Kier molecular flexibility index (Phi) is 4.01. The summed E-state index contributed by atoms with van der Waals surface area (Å²) in [7, 11) is 0. The summed E-state index contributed by atoms with van der Waals surface area (Å²) in [6.07, 6.45) is 0. The lowest BCUT2D eigenvalue weighted by atomic mass is 9.92. The standard InChI is InChI=1S/C19H19N3O2/c1-11-9-12(2)18(14(4)13(11)3)17(23)10-22-19(24)15-7-5-6-8-16(15)20-21-22/h5-9H,10H2,1-4H3. The highest BCUT2D eigenvalue weighted by Gasteiger charge is 2.17. The Morgan fingerprint density at radius 2 is 1.75 bits per heavy atom. The van der Waals surface area contributed by atoms with E-state index in [1.807, 2.05) is 33.8 Å². The number of carbonyl (C=O) groups is 1. The number of Topliss-reactive ketones (excluding diaryl/α,β-unsaturated/α-hetero) is 1. The van der Waals surface area contributed by atoms with Crippen LogP contribution in [0.4, 0.5) is 0 Å². The minimum absolute atomic E-state index is 0.110. The lowest BCUT2D eigenvalue weighted by Crippen LogP contribution is -2.28. The number of hydrogen-bond donors (Lipinski definition) is 0. The van der Waals surface area contributed by atoms with Crippen LogP contribution in [0.1, 0.15) is 32.6 Å². The molecule has 0 bridgehead atoms. The SMILES string of the molecule is Cc1cc(C)c(C(=O)Cn2nnc3ccccc3c2=O)c(C)c1C. The second-order valence-electron chi connectivity index (χ2n) is 6.13. The smallest absolute Gasteiger partial charge is 0.278 e. The lowest BCUT2D eigenvalue weighted by molar-refractivity contribution is 0.0963. The second-order valence-corrected chi connectivity index (χ2v) is 6.13. The van der Waals surface area contributed by atoms with Gasteiger partial charge in [0.1, 0.15) is 12.1 Å². The average molecular weight is 321 g/mol. The van der Waals surface area contributed by atoms with Gasteiger partial charge in [-0.25, -0.2) is 4.68 Å². The van der Waals surface area contributed by atoms with E-state index in [4.69, 9.17) is 0 Å². The van der Waals surface area contributed by atoms with E-state index in [2.05, 4.69) is 10.3 Å². The minimum Gasteiger partial charge on any atom is -0.292 e. The van der Waals surface area contributed by atoms with Crippen molar-refractivity contribution in [1.82, 2.24) is 15.0 Å². The molecule has 2 aromatic carbocycles. The predicted molar refractivity (Wildman–Crippen MR) is 93.5 cm³/mol. The predicted octanol–water partition coefficient (Wildman–Crippen LogP) is 2.91. The monoisotopic (exact) mass is 321 g/mol. The molecule has 0 aliphatic heterocycles. The van der Waals surface area contributed by atoms with E-state index in [1.165, 1.54) is 0 Å². The molecule has 0 aliphatic rings. The summed E-state index contributed by atoms with van der Waals surface area (Å²) in [5.41, 5.74) is 5.03. The summed E-state index contributed by atoms with van der Waals surface area (Å²) < 4.78 is 1.14. The fraction of sp³-hybridized carbons (Fsp3) is 0.263. The van der Waals surface area contributed by atoms with Crippen molar-refractivity contribution in [3.63, 3.8) is 0 Å². The highest BCUT2D eigenvalue weighted by molar-refractivity contribution is 5.99. The molecule has 0 unspecified atom stereocenters. The van der Waals surface area contributed by atoms with Gasteiger partial charge in [0.25, 0.3) is 5.56 Å². The molecule has 5 heteroatoms. The molecule has 0 saturated carbocycles. The molecule has 0 amide bonds. The number of hydrogen-bond acceptors (Lipinski definition) is 4. The largest absolute Gasteiger partial charge is 0.292 e. The second kappa shape index (κ2) is 6.00. The van der Waals surface area contributed by atoms with Gasteiger partial charge in [-0.2, -0.15) is 0 Å². The minimum atomic E-state index is -0.298. The highest BCUT2D eigenvalue weighted by Crippen LogP contribution is 2.22. The van der Waals surface area contributed by atoms with Gasteiger partial charge in [-0.05, 0) is 62.1 Å². The maximum absolute atomic E-state index is 12.8. The number of fused-ring (bicyclic) bond motifs is 1. The average Bonchev–Trinajstić information content (AvgIpc) is 2.55. The number of aromatic nitrogens is 3. The molecule has 0 radical (unpaired) electrons. The van der Waals surface area contributed by atoms with Crippen molar-refractivity contribution < 1.29 is 4.79 Å². The Morgan fingerprint density at radius 3 is 2.50 bits per heavy atom. The molecular weight excluding hydrogens is 302 g/mol. The number of nitrogens with zero attached hydrogens (tertiary/aromatic N) is 3. The van der Waals surface area contributed by atoms with Gasteiger partial charge in [0, 0.05) is 5.56 Å². The van der Waals surface area contributed by atoms with Crippen LogP contribution in [0, 0.1) is 27.7 Å². The summed E-state index contributed by atoms with van der Waals surface area (Å²) in [5.74, 6) is -0.125. The van der Waals surface area contributed by atoms with Crippen molar-refractivity contribution in [2.45, 2.75) is 34.2 Å². The zero-order chi connectivity index (χ0) is 17.4. The van der Waals surface area contributed by atoms with Crippen molar-refractivity contribution >= 4 is 16.7 Å². The summed E-state index contributed by atoms with van der Waals surface area (Å²) in [6.45, 7) is 7.78. The van der Waals surface area contributed by atoms with Gasteiger partial charge in [-0.3, -0.25) is 9.59 Å². The molecule has 0 N–H and O–H groups in total. The number of carbonyl (C=O) groups excluding carboxylic acids is 1. The number of benzene rings is 2. The van der Waals surface area contributed by atoms with Crippen LogP contribution in [0.2, 0.25) is 0 Å². The van der Waals surface area contributed by atoms with E-state index >= 15 is 0 Å². The molecule has 0 spiro atoms. The van der Waals surface area contributed by atoms with E-state index in [0.717, 1.165) is 26.9 Å². The highest BCUT2D eigenvalue weighted by atomic mass is 16.1. The lowest BCUT2D eigenvalue weighted by Gasteiger charge is -2.14. The van der Waals surface area contributed by atoms with Gasteiger partial charge in [0.15, 0.2) is 5.78 Å². The molecule has 122 valence electrons. The Bertz CT molecular complexity index is 1020. The van der Waals surface area contributed by atoms with E-state index in [9.17, 15) is 9.59 Å². The van der Waals surface area contributed by atoms with Crippen LogP contribution in [0.25, 0.3) is 10.9 Å². The van der Waals surface area contributed by atoms with Gasteiger partial charge >= 0.3 is 0 Å². The first-order chi connectivity index (χ1) is 11.4. The summed E-state index contributed by atoms with van der Waals surface area (Å²) in [5, 5.41) is 8.40. The quantitative estimate of drug-likeness (QED) is 0.696. The topological polar surface area (TPSA) is 64.8 Å². The first kappa shape index (κ1) is 16.1. The molecule has 5 nitrogen and oxygen atoms in total. The molecule has 0 fully saturated rings. The van der Waals surface area contributed by atoms with Crippen molar-refractivity contribution in [2.24, 2.45) is 0 Å². The molecule has 1 aromatic heterocycles. The van der Waals surface area contributed by atoms with Crippen LogP contribution >= 0.6 is 0 Å². The van der Waals surface area contributed by atoms with Crippen LogP contribution in [0.5, 0.6) is 0 Å². The van der Waals surface area contributed by atoms with Gasteiger partial charge in [0.05, 0.1) is 5.39 Å². The van der Waals surface area contributed by atoms with Gasteiger partial charge in [-0.1, -0.05) is 23.4 Å². The fourth-order valence-electron chi connectivity index (χ4n) is 3.06. The third-order valence-corrected chi connectivity index (χ3v) is 4.56. The normalized spacial score (nSPS) is 11.0. The van der Waals surface area contributed by atoms with E-state index in [0.29, 0.717) is 16.5 Å². The third kappa shape index (κ3) is 2.62. The van der Waals surface area contributed by atoms with E-state index in [1.54, 1.807) is 24.3 Å². The summed E-state index contributed by atoms with van der Waals surface area (Å²) in [4.78, 5) is 25.3. The first-order valence-corrected chi connectivity index (χ1v) is 7.83. The van der Waals surface area contributed by atoms with Crippen LogP contribution in [-0.4, -0.2) is 20.8 Å². The Labute approximate surface area is 139 Å². The molecule has 1 heterocycles.